The average Bonchev–Trinajstić information content (AvgIpc) is 3.18. The van der Waals surface area contributed by atoms with E-state index in [0.29, 0.717) is 0 Å². The highest BCUT2D eigenvalue weighted by atomic mass is 32.1. The van der Waals surface area contributed by atoms with E-state index in [1.54, 1.807) is 0 Å². The first-order valence-electron chi connectivity index (χ1n) is 10.1. The van der Waals surface area contributed by atoms with Gasteiger partial charge in [-0.25, -0.2) is 0 Å². The standard InChI is InChI=1S/C28H16OS/c1-3-12-23-18(7-1)21-10-5-9-19-17(15-16-24(29-23)27(19)21)20-11-6-14-26-28(20)22-8-2-4-13-25(22)30-26/h1-16H. The van der Waals surface area contributed by atoms with Gasteiger partial charge in [0.15, 0.2) is 0 Å². The lowest BCUT2D eigenvalue weighted by molar-refractivity contribution is 0.487. The fraction of sp³-hybridized carbons (Fsp3) is 0. The van der Waals surface area contributed by atoms with Crippen LogP contribution < -0.4 is 4.74 Å². The van der Waals surface area contributed by atoms with Crippen LogP contribution in [0.3, 0.4) is 0 Å². The molecule has 0 amide bonds. The fourth-order valence-corrected chi connectivity index (χ4v) is 5.95. The number of thiophene rings is 1. The molecule has 0 saturated carbocycles. The first-order valence-corrected chi connectivity index (χ1v) is 10.9. The van der Waals surface area contributed by atoms with Crippen molar-refractivity contribution in [3.8, 4) is 33.8 Å². The molecule has 30 heavy (non-hydrogen) atoms. The number of hydrogen-bond acceptors (Lipinski definition) is 2. The summed E-state index contributed by atoms with van der Waals surface area (Å²) < 4.78 is 8.95. The number of hydrogen-bond donors (Lipinski definition) is 0. The van der Waals surface area contributed by atoms with Crippen LogP contribution in [-0.2, 0) is 0 Å². The smallest absolute Gasteiger partial charge is 0.135 e. The zero-order chi connectivity index (χ0) is 19.7. The van der Waals surface area contributed by atoms with E-state index in [0.717, 1.165) is 17.1 Å². The molecule has 2 heteroatoms. The van der Waals surface area contributed by atoms with Crippen LogP contribution in [0.2, 0.25) is 0 Å². The maximum absolute atomic E-state index is 6.29. The zero-order valence-electron chi connectivity index (χ0n) is 16.1. The number of fused-ring (bicyclic) bond motifs is 5. The van der Waals surface area contributed by atoms with Gasteiger partial charge in [0.25, 0.3) is 0 Å². The van der Waals surface area contributed by atoms with Crippen LogP contribution in [0.15, 0.2) is 97.1 Å². The molecule has 0 bridgehead atoms. The highest BCUT2D eigenvalue weighted by Gasteiger charge is 2.22. The summed E-state index contributed by atoms with van der Waals surface area (Å²) in [6.07, 6.45) is 0. The molecule has 1 aliphatic heterocycles. The molecule has 0 saturated heterocycles. The second-order valence-electron chi connectivity index (χ2n) is 7.71. The van der Waals surface area contributed by atoms with Crippen molar-refractivity contribution in [1.29, 1.82) is 0 Å². The number of ether oxygens (including phenoxy) is 1. The van der Waals surface area contributed by atoms with Crippen LogP contribution in [0.1, 0.15) is 0 Å². The van der Waals surface area contributed by atoms with Crippen molar-refractivity contribution in [1.82, 2.24) is 0 Å². The first kappa shape index (κ1) is 16.2. The van der Waals surface area contributed by atoms with Crippen LogP contribution in [0.5, 0.6) is 11.5 Å². The molecule has 0 atom stereocenters. The largest absolute Gasteiger partial charge is 0.456 e. The Labute approximate surface area is 177 Å². The molecule has 0 fully saturated rings. The summed E-state index contributed by atoms with van der Waals surface area (Å²) in [5.41, 5.74) is 4.95. The summed E-state index contributed by atoms with van der Waals surface area (Å²) in [7, 11) is 0. The third-order valence-electron chi connectivity index (χ3n) is 6.09. The Hall–Kier alpha value is -3.62. The van der Waals surface area contributed by atoms with Crippen LogP contribution in [0, 0.1) is 0 Å². The average molecular weight is 401 g/mol. The molecule has 140 valence electrons. The SMILES string of the molecule is c1ccc2c(c1)Oc1ccc(-c3cccc4sc5ccccc5c34)c3cccc-2c13. The molecule has 2 heterocycles. The Morgan fingerprint density at radius 2 is 1.13 bits per heavy atom. The Bertz CT molecular complexity index is 1620. The molecule has 7 rings (SSSR count). The van der Waals surface area contributed by atoms with Gasteiger partial charge in [0.1, 0.15) is 11.5 Å². The maximum Gasteiger partial charge on any atom is 0.135 e. The quantitative estimate of drug-likeness (QED) is 0.268. The van der Waals surface area contributed by atoms with Gasteiger partial charge in [-0.1, -0.05) is 72.8 Å². The van der Waals surface area contributed by atoms with Crippen LogP contribution in [0.25, 0.3) is 53.2 Å². The lowest BCUT2D eigenvalue weighted by Gasteiger charge is -2.22. The summed E-state index contributed by atoms with van der Waals surface area (Å²) in [4.78, 5) is 0. The summed E-state index contributed by atoms with van der Waals surface area (Å²) in [6, 6.07) is 34.6. The van der Waals surface area contributed by atoms with Gasteiger partial charge in [0, 0.05) is 31.1 Å². The second-order valence-corrected chi connectivity index (χ2v) is 8.80. The molecule has 0 unspecified atom stereocenters. The lowest BCUT2D eigenvalue weighted by Crippen LogP contribution is -1.97. The summed E-state index contributed by atoms with van der Waals surface area (Å²) in [5, 5.41) is 5.11. The molecule has 1 aromatic heterocycles. The molecular formula is C28H16OS. The van der Waals surface area contributed by atoms with E-state index >= 15 is 0 Å². The summed E-state index contributed by atoms with van der Waals surface area (Å²) in [5.74, 6) is 1.86. The van der Waals surface area contributed by atoms with Crippen molar-refractivity contribution in [3.05, 3.63) is 97.1 Å². The predicted octanol–water partition coefficient (Wildman–Crippen LogP) is 8.65. The highest BCUT2D eigenvalue weighted by molar-refractivity contribution is 7.25. The van der Waals surface area contributed by atoms with Crippen molar-refractivity contribution in [2.75, 3.05) is 0 Å². The van der Waals surface area contributed by atoms with E-state index in [1.165, 1.54) is 47.6 Å². The Morgan fingerprint density at radius 1 is 0.433 bits per heavy atom. The third-order valence-corrected chi connectivity index (χ3v) is 7.23. The molecule has 0 aliphatic carbocycles. The number of para-hydroxylation sites is 1. The minimum atomic E-state index is 0.927. The van der Waals surface area contributed by atoms with Crippen molar-refractivity contribution in [3.63, 3.8) is 0 Å². The molecule has 0 N–H and O–H groups in total. The molecule has 0 radical (unpaired) electrons. The lowest BCUT2D eigenvalue weighted by atomic mass is 9.89. The summed E-state index contributed by atoms with van der Waals surface area (Å²) in [6.45, 7) is 0. The van der Waals surface area contributed by atoms with E-state index in [9.17, 15) is 0 Å². The molecule has 6 aromatic rings. The second kappa shape index (κ2) is 5.94. The van der Waals surface area contributed by atoms with Gasteiger partial charge in [-0.2, -0.15) is 0 Å². The Morgan fingerprint density at radius 3 is 2.10 bits per heavy atom. The van der Waals surface area contributed by atoms with Crippen molar-refractivity contribution >= 4 is 42.3 Å². The minimum Gasteiger partial charge on any atom is -0.456 e. The zero-order valence-corrected chi connectivity index (χ0v) is 16.9. The van der Waals surface area contributed by atoms with Gasteiger partial charge in [-0.3, -0.25) is 0 Å². The van der Waals surface area contributed by atoms with Gasteiger partial charge in [-0.15, -0.1) is 11.3 Å². The highest BCUT2D eigenvalue weighted by Crippen LogP contribution is 2.49. The third kappa shape index (κ3) is 2.11. The Kier molecular flexibility index (Phi) is 3.21. The molecular weight excluding hydrogens is 384 g/mol. The van der Waals surface area contributed by atoms with Gasteiger partial charge < -0.3 is 4.74 Å². The predicted molar refractivity (Wildman–Crippen MR) is 128 cm³/mol. The van der Waals surface area contributed by atoms with Crippen molar-refractivity contribution in [2.24, 2.45) is 0 Å². The molecule has 5 aromatic carbocycles. The van der Waals surface area contributed by atoms with Crippen molar-refractivity contribution in [2.45, 2.75) is 0 Å². The monoisotopic (exact) mass is 400 g/mol. The molecule has 1 nitrogen and oxygen atoms in total. The van der Waals surface area contributed by atoms with Crippen LogP contribution in [0.4, 0.5) is 0 Å². The Balaban J connectivity index is 1.60. The van der Waals surface area contributed by atoms with Gasteiger partial charge in [0.05, 0.1) is 0 Å². The molecule has 1 aliphatic rings. The number of rotatable bonds is 1. The fourth-order valence-electron chi connectivity index (χ4n) is 4.81. The maximum atomic E-state index is 6.29. The van der Waals surface area contributed by atoms with E-state index in [2.05, 4.69) is 84.9 Å². The van der Waals surface area contributed by atoms with Gasteiger partial charge in [-0.05, 0) is 46.3 Å². The van der Waals surface area contributed by atoms with Crippen LogP contribution >= 0.6 is 11.3 Å². The number of benzene rings is 5. The normalized spacial score (nSPS) is 12.3. The summed E-state index contributed by atoms with van der Waals surface area (Å²) >= 11 is 1.86. The van der Waals surface area contributed by atoms with E-state index < -0.39 is 0 Å². The van der Waals surface area contributed by atoms with E-state index in [4.69, 9.17) is 4.74 Å². The van der Waals surface area contributed by atoms with Crippen molar-refractivity contribution < 1.29 is 4.74 Å². The minimum absolute atomic E-state index is 0.927. The topological polar surface area (TPSA) is 9.23 Å². The molecule has 0 spiro atoms. The van der Waals surface area contributed by atoms with E-state index in [-0.39, 0.29) is 0 Å². The van der Waals surface area contributed by atoms with Crippen LogP contribution in [-0.4, -0.2) is 0 Å². The van der Waals surface area contributed by atoms with E-state index in [1.807, 2.05) is 23.5 Å². The van der Waals surface area contributed by atoms with Gasteiger partial charge >= 0.3 is 0 Å². The van der Waals surface area contributed by atoms with Gasteiger partial charge in [0.2, 0.25) is 0 Å². The first-order chi connectivity index (χ1) is 14.9.